The number of halogens is 1. The molecule has 2 unspecified atom stereocenters. The fraction of sp³-hybridized carbons (Fsp3) is 0.462. The summed E-state index contributed by atoms with van der Waals surface area (Å²) in [5.41, 5.74) is 6.40. The standard InChI is InChI=1S/C13H18FN3S/c1-8-9(2)18-6-5-17(8)12-4-3-10(13(15)16)7-11(12)14/h3-4,7-9H,5-6H2,1-2H3,(H3,15,16). The van der Waals surface area contributed by atoms with Crippen LogP contribution in [-0.2, 0) is 0 Å². The first-order valence-corrected chi connectivity index (χ1v) is 7.07. The Hall–Kier alpha value is -1.23. The zero-order valence-electron chi connectivity index (χ0n) is 10.6. The van der Waals surface area contributed by atoms with Crippen LogP contribution in [-0.4, -0.2) is 29.4 Å². The molecule has 0 radical (unpaired) electrons. The van der Waals surface area contributed by atoms with E-state index in [0.717, 1.165) is 12.3 Å². The fourth-order valence-electron chi connectivity index (χ4n) is 2.18. The van der Waals surface area contributed by atoms with E-state index in [0.29, 0.717) is 22.5 Å². The van der Waals surface area contributed by atoms with Crippen molar-refractivity contribution in [1.29, 1.82) is 5.41 Å². The van der Waals surface area contributed by atoms with Crippen molar-refractivity contribution < 1.29 is 4.39 Å². The molecule has 5 heteroatoms. The second-order valence-electron chi connectivity index (χ2n) is 4.59. The molecule has 0 aromatic heterocycles. The van der Waals surface area contributed by atoms with Gasteiger partial charge in [0.2, 0.25) is 0 Å². The molecular weight excluding hydrogens is 249 g/mol. The molecule has 3 nitrogen and oxygen atoms in total. The van der Waals surface area contributed by atoms with Gasteiger partial charge in [-0.05, 0) is 25.1 Å². The molecule has 3 N–H and O–H groups in total. The van der Waals surface area contributed by atoms with Crippen LogP contribution < -0.4 is 10.6 Å². The number of hydrogen-bond acceptors (Lipinski definition) is 3. The summed E-state index contributed by atoms with van der Waals surface area (Å²) in [7, 11) is 0. The van der Waals surface area contributed by atoms with Crippen LogP contribution in [0.25, 0.3) is 0 Å². The minimum atomic E-state index is -0.298. The Morgan fingerprint density at radius 1 is 1.50 bits per heavy atom. The fourth-order valence-corrected chi connectivity index (χ4v) is 3.28. The van der Waals surface area contributed by atoms with E-state index in [1.54, 1.807) is 12.1 Å². The van der Waals surface area contributed by atoms with Crippen LogP contribution in [0.4, 0.5) is 10.1 Å². The van der Waals surface area contributed by atoms with E-state index in [2.05, 4.69) is 18.7 Å². The van der Waals surface area contributed by atoms with Crippen LogP contribution in [0.1, 0.15) is 19.4 Å². The van der Waals surface area contributed by atoms with Crippen molar-refractivity contribution in [2.24, 2.45) is 5.73 Å². The molecular formula is C13H18FN3S. The van der Waals surface area contributed by atoms with Crippen LogP contribution in [0.3, 0.4) is 0 Å². The highest BCUT2D eigenvalue weighted by molar-refractivity contribution is 8.00. The Bertz CT molecular complexity index is 464. The normalized spacial score (nSPS) is 24.1. The largest absolute Gasteiger partial charge is 0.384 e. The van der Waals surface area contributed by atoms with Gasteiger partial charge in [0, 0.05) is 29.2 Å². The summed E-state index contributed by atoms with van der Waals surface area (Å²) in [5.74, 6) is 0.615. The summed E-state index contributed by atoms with van der Waals surface area (Å²) in [6.45, 7) is 5.14. The Balaban J connectivity index is 2.30. The lowest BCUT2D eigenvalue weighted by Crippen LogP contribution is -2.45. The molecule has 0 spiro atoms. The molecule has 0 aliphatic carbocycles. The average Bonchev–Trinajstić information content (AvgIpc) is 2.33. The maximum absolute atomic E-state index is 14.1. The summed E-state index contributed by atoms with van der Waals surface area (Å²) < 4.78 is 14.1. The van der Waals surface area contributed by atoms with Gasteiger partial charge in [0.15, 0.2) is 0 Å². The third-order valence-corrected chi connectivity index (χ3v) is 4.79. The van der Waals surface area contributed by atoms with Crippen LogP contribution in [0, 0.1) is 11.2 Å². The number of amidine groups is 1. The van der Waals surface area contributed by atoms with E-state index in [1.807, 2.05) is 11.8 Å². The number of thioether (sulfide) groups is 1. The number of anilines is 1. The summed E-state index contributed by atoms with van der Waals surface area (Å²) >= 11 is 1.92. The molecule has 1 heterocycles. The summed E-state index contributed by atoms with van der Waals surface area (Å²) in [6.07, 6.45) is 0. The number of nitrogens with one attached hydrogen (secondary N) is 1. The summed E-state index contributed by atoms with van der Waals surface area (Å²) in [6, 6.07) is 5.09. The minimum absolute atomic E-state index is 0.101. The molecule has 0 amide bonds. The molecule has 1 fully saturated rings. The average molecular weight is 267 g/mol. The van der Waals surface area contributed by atoms with Gasteiger partial charge in [0.05, 0.1) is 5.69 Å². The van der Waals surface area contributed by atoms with Crippen LogP contribution in [0.2, 0.25) is 0 Å². The highest BCUT2D eigenvalue weighted by Crippen LogP contribution is 2.30. The van der Waals surface area contributed by atoms with Gasteiger partial charge in [-0.2, -0.15) is 11.8 Å². The highest BCUT2D eigenvalue weighted by Gasteiger charge is 2.27. The third kappa shape index (κ3) is 2.46. The molecule has 2 rings (SSSR count). The molecule has 98 valence electrons. The second kappa shape index (κ2) is 5.18. The van der Waals surface area contributed by atoms with E-state index >= 15 is 0 Å². The number of hydrogen-bond donors (Lipinski definition) is 2. The van der Waals surface area contributed by atoms with E-state index in [1.165, 1.54) is 6.07 Å². The maximum atomic E-state index is 14.1. The maximum Gasteiger partial charge on any atom is 0.147 e. The van der Waals surface area contributed by atoms with Gasteiger partial charge in [0.25, 0.3) is 0 Å². The number of benzene rings is 1. The van der Waals surface area contributed by atoms with Crippen molar-refractivity contribution in [2.75, 3.05) is 17.2 Å². The zero-order chi connectivity index (χ0) is 13.3. The SMILES string of the molecule is CC1SCCN(c2ccc(C(=N)N)cc2F)C1C. The molecule has 1 aliphatic heterocycles. The lowest BCUT2D eigenvalue weighted by atomic mass is 10.1. The van der Waals surface area contributed by atoms with E-state index in [-0.39, 0.29) is 11.7 Å². The third-order valence-electron chi connectivity index (χ3n) is 3.45. The van der Waals surface area contributed by atoms with Gasteiger partial charge in [-0.1, -0.05) is 6.92 Å². The molecule has 18 heavy (non-hydrogen) atoms. The number of nitrogens with zero attached hydrogens (tertiary/aromatic N) is 1. The molecule has 0 bridgehead atoms. The molecule has 1 aromatic rings. The van der Waals surface area contributed by atoms with Gasteiger partial charge >= 0.3 is 0 Å². The van der Waals surface area contributed by atoms with Crippen LogP contribution in [0.5, 0.6) is 0 Å². The molecule has 1 saturated heterocycles. The first-order valence-electron chi connectivity index (χ1n) is 6.03. The van der Waals surface area contributed by atoms with Crippen molar-refractivity contribution in [3.63, 3.8) is 0 Å². The molecule has 0 saturated carbocycles. The van der Waals surface area contributed by atoms with Gasteiger partial charge in [-0.3, -0.25) is 5.41 Å². The van der Waals surface area contributed by atoms with Crippen molar-refractivity contribution in [3.05, 3.63) is 29.6 Å². The molecule has 1 aromatic carbocycles. The van der Waals surface area contributed by atoms with Gasteiger partial charge in [0.1, 0.15) is 11.7 Å². The van der Waals surface area contributed by atoms with Crippen LogP contribution in [0.15, 0.2) is 18.2 Å². The summed E-state index contributed by atoms with van der Waals surface area (Å²) in [4.78, 5) is 2.10. The monoisotopic (exact) mass is 267 g/mol. The van der Waals surface area contributed by atoms with Crippen molar-refractivity contribution in [3.8, 4) is 0 Å². The quantitative estimate of drug-likeness (QED) is 0.639. The number of rotatable bonds is 2. The molecule has 2 atom stereocenters. The van der Waals surface area contributed by atoms with Crippen molar-refractivity contribution in [1.82, 2.24) is 0 Å². The lowest BCUT2D eigenvalue weighted by molar-refractivity contribution is 0.582. The smallest absolute Gasteiger partial charge is 0.147 e. The Labute approximate surface area is 111 Å². The molecule has 1 aliphatic rings. The Morgan fingerprint density at radius 2 is 2.22 bits per heavy atom. The highest BCUT2D eigenvalue weighted by atomic mass is 32.2. The van der Waals surface area contributed by atoms with Gasteiger partial charge in [-0.25, -0.2) is 4.39 Å². The van der Waals surface area contributed by atoms with Crippen molar-refractivity contribution >= 4 is 23.3 Å². The van der Waals surface area contributed by atoms with Crippen LogP contribution >= 0.6 is 11.8 Å². The van der Waals surface area contributed by atoms with Gasteiger partial charge in [-0.15, -0.1) is 0 Å². The predicted molar refractivity (Wildman–Crippen MR) is 76.1 cm³/mol. The zero-order valence-corrected chi connectivity index (χ0v) is 11.4. The summed E-state index contributed by atoms with van der Waals surface area (Å²) in [5, 5.41) is 7.80. The van der Waals surface area contributed by atoms with E-state index in [9.17, 15) is 4.39 Å². The minimum Gasteiger partial charge on any atom is -0.384 e. The first-order chi connectivity index (χ1) is 8.50. The van der Waals surface area contributed by atoms with E-state index < -0.39 is 0 Å². The Kier molecular flexibility index (Phi) is 3.80. The van der Waals surface area contributed by atoms with Crippen molar-refractivity contribution in [2.45, 2.75) is 25.1 Å². The number of nitrogen functional groups attached to an aromatic ring is 1. The second-order valence-corrected chi connectivity index (χ2v) is 6.07. The topological polar surface area (TPSA) is 53.1 Å². The Morgan fingerprint density at radius 3 is 2.83 bits per heavy atom. The number of nitrogens with two attached hydrogens (primary N) is 1. The predicted octanol–water partition coefficient (Wildman–Crippen LogP) is 2.44. The lowest BCUT2D eigenvalue weighted by Gasteiger charge is -2.39. The van der Waals surface area contributed by atoms with E-state index in [4.69, 9.17) is 11.1 Å². The van der Waals surface area contributed by atoms with Gasteiger partial charge < -0.3 is 10.6 Å². The first kappa shape index (κ1) is 13.2.